The van der Waals surface area contributed by atoms with Gasteiger partial charge in [0.2, 0.25) is 0 Å². The number of hydrogen-bond donors (Lipinski definition) is 1. The largest absolute Gasteiger partial charge is 0.382 e. The molecule has 1 aromatic carbocycles. The molecule has 1 N–H and O–H groups in total. The van der Waals surface area contributed by atoms with Crippen LogP contribution in [0.5, 0.6) is 0 Å². The molecule has 0 aliphatic carbocycles. The topological polar surface area (TPSA) is 58.4 Å². The Morgan fingerprint density at radius 1 is 1.39 bits per heavy atom. The van der Waals surface area contributed by atoms with Crippen LogP contribution in [-0.2, 0) is 0 Å². The van der Waals surface area contributed by atoms with E-state index in [2.05, 4.69) is 10.2 Å². The lowest BCUT2D eigenvalue weighted by Gasteiger charge is -2.22. The molecule has 0 aromatic heterocycles. The highest BCUT2D eigenvalue weighted by atomic mass is 32.2. The summed E-state index contributed by atoms with van der Waals surface area (Å²) < 4.78 is 0. The minimum Gasteiger partial charge on any atom is -0.382 e. The number of nitro benzene ring substituents is 1. The quantitative estimate of drug-likeness (QED) is 0.674. The van der Waals surface area contributed by atoms with Crippen LogP contribution in [-0.4, -0.2) is 36.6 Å². The summed E-state index contributed by atoms with van der Waals surface area (Å²) in [6.07, 6.45) is 1.08. The van der Waals surface area contributed by atoms with Gasteiger partial charge in [-0.2, -0.15) is 11.8 Å². The van der Waals surface area contributed by atoms with Gasteiger partial charge in [0.15, 0.2) is 0 Å². The predicted octanol–water partition coefficient (Wildman–Crippen LogP) is 2.58. The summed E-state index contributed by atoms with van der Waals surface area (Å²) >= 11 is 1.91. The fourth-order valence-corrected chi connectivity index (χ4v) is 3.05. The first-order chi connectivity index (χ1) is 8.74. The Hall–Kier alpha value is -1.43. The molecule has 0 atom stereocenters. The number of nitrogens with zero attached hydrogens (tertiary/aromatic N) is 2. The van der Waals surface area contributed by atoms with Crippen molar-refractivity contribution < 1.29 is 4.92 Å². The zero-order valence-corrected chi connectivity index (χ0v) is 11.2. The first-order valence-electron chi connectivity index (χ1n) is 6.02. The van der Waals surface area contributed by atoms with Gasteiger partial charge in [0.05, 0.1) is 4.92 Å². The molecule has 2 rings (SSSR count). The van der Waals surface area contributed by atoms with Gasteiger partial charge in [0.1, 0.15) is 11.4 Å². The lowest BCUT2D eigenvalue weighted by atomic mass is 10.2. The maximum atomic E-state index is 11.3. The fraction of sp³-hybridized carbons (Fsp3) is 0.500. The van der Waals surface area contributed by atoms with Crippen LogP contribution >= 0.6 is 11.8 Å². The smallest absolute Gasteiger partial charge is 0.315 e. The zero-order chi connectivity index (χ0) is 13.0. The van der Waals surface area contributed by atoms with Crippen molar-refractivity contribution in [2.45, 2.75) is 6.42 Å². The number of nitro groups is 1. The third-order valence-electron chi connectivity index (χ3n) is 3.03. The number of rotatable bonds is 3. The van der Waals surface area contributed by atoms with Crippen LogP contribution in [0.15, 0.2) is 18.2 Å². The Bertz CT molecular complexity index is 431. The maximum Gasteiger partial charge on any atom is 0.315 e. The Morgan fingerprint density at radius 3 is 2.94 bits per heavy atom. The van der Waals surface area contributed by atoms with Gasteiger partial charge in [-0.15, -0.1) is 0 Å². The van der Waals surface area contributed by atoms with Crippen molar-refractivity contribution in [1.29, 1.82) is 0 Å². The molecule has 0 amide bonds. The van der Waals surface area contributed by atoms with Crippen molar-refractivity contribution in [2.24, 2.45) is 0 Å². The van der Waals surface area contributed by atoms with Gasteiger partial charge in [-0.25, -0.2) is 0 Å². The summed E-state index contributed by atoms with van der Waals surface area (Å²) in [6.45, 7) is 1.76. The van der Waals surface area contributed by atoms with Crippen molar-refractivity contribution in [3.63, 3.8) is 0 Å². The first-order valence-corrected chi connectivity index (χ1v) is 7.17. The van der Waals surface area contributed by atoms with E-state index in [1.54, 1.807) is 13.1 Å². The highest BCUT2D eigenvalue weighted by Crippen LogP contribution is 2.35. The van der Waals surface area contributed by atoms with Gasteiger partial charge in [-0.1, -0.05) is 6.07 Å². The summed E-state index contributed by atoms with van der Waals surface area (Å²) in [5.74, 6) is 2.16. The molecular weight excluding hydrogens is 250 g/mol. The Kier molecular flexibility index (Phi) is 4.30. The predicted molar refractivity (Wildman–Crippen MR) is 76.8 cm³/mol. The van der Waals surface area contributed by atoms with Crippen molar-refractivity contribution >= 4 is 28.8 Å². The molecule has 98 valence electrons. The lowest BCUT2D eigenvalue weighted by molar-refractivity contribution is -0.383. The van der Waals surface area contributed by atoms with E-state index in [9.17, 15) is 10.1 Å². The Morgan fingerprint density at radius 2 is 2.22 bits per heavy atom. The van der Waals surface area contributed by atoms with E-state index in [0.717, 1.165) is 36.7 Å². The maximum absolute atomic E-state index is 11.3. The van der Waals surface area contributed by atoms with Crippen molar-refractivity contribution in [3.05, 3.63) is 28.3 Å². The number of nitrogens with one attached hydrogen (secondary N) is 1. The van der Waals surface area contributed by atoms with E-state index in [0.29, 0.717) is 5.69 Å². The number of para-hydroxylation sites is 1. The third-order valence-corrected chi connectivity index (χ3v) is 4.08. The standard InChI is InChI=1S/C12H17N3O2S/c1-13-10-4-2-5-11(12(10)15(16)17)14-6-3-8-18-9-7-14/h2,4-5,13H,3,6-9H2,1H3. The molecule has 0 radical (unpaired) electrons. The molecule has 1 aromatic rings. The number of hydrogen-bond acceptors (Lipinski definition) is 5. The fourth-order valence-electron chi connectivity index (χ4n) is 2.17. The Balaban J connectivity index is 2.38. The minimum absolute atomic E-state index is 0.187. The zero-order valence-electron chi connectivity index (χ0n) is 10.4. The van der Waals surface area contributed by atoms with E-state index < -0.39 is 0 Å². The van der Waals surface area contributed by atoms with Crippen LogP contribution in [0, 0.1) is 10.1 Å². The molecule has 1 fully saturated rings. The van der Waals surface area contributed by atoms with Gasteiger partial charge < -0.3 is 10.2 Å². The molecule has 1 aliphatic rings. The second-order valence-electron chi connectivity index (χ2n) is 4.13. The Labute approximate surface area is 111 Å². The van der Waals surface area contributed by atoms with Crippen LogP contribution in [0.3, 0.4) is 0 Å². The average molecular weight is 267 g/mol. The van der Waals surface area contributed by atoms with Crippen LogP contribution in [0.25, 0.3) is 0 Å². The molecule has 1 saturated heterocycles. The van der Waals surface area contributed by atoms with Crippen LogP contribution in [0.4, 0.5) is 17.1 Å². The van der Waals surface area contributed by atoms with Gasteiger partial charge in [0.25, 0.3) is 0 Å². The molecule has 1 heterocycles. The first kappa shape index (κ1) is 13.0. The normalized spacial score (nSPS) is 16.2. The number of thioether (sulfide) groups is 1. The molecule has 0 bridgehead atoms. The summed E-state index contributed by atoms with van der Waals surface area (Å²) in [7, 11) is 1.71. The summed E-state index contributed by atoms with van der Waals surface area (Å²) in [6, 6.07) is 5.45. The highest BCUT2D eigenvalue weighted by Gasteiger charge is 2.23. The highest BCUT2D eigenvalue weighted by molar-refractivity contribution is 7.99. The lowest BCUT2D eigenvalue weighted by Crippen LogP contribution is -2.26. The van der Waals surface area contributed by atoms with Gasteiger partial charge in [0, 0.05) is 25.9 Å². The summed E-state index contributed by atoms with van der Waals surface area (Å²) in [5.41, 5.74) is 1.50. The van der Waals surface area contributed by atoms with E-state index in [4.69, 9.17) is 0 Å². The van der Waals surface area contributed by atoms with E-state index in [1.807, 2.05) is 23.9 Å². The number of anilines is 2. The van der Waals surface area contributed by atoms with Crippen molar-refractivity contribution in [1.82, 2.24) is 0 Å². The van der Waals surface area contributed by atoms with Gasteiger partial charge >= 0.3 is 5.69 Å². The van der Waals surface area contributed by atoms with Crippen LogP contribution < -0.4 is 10.2 Å². The molecule has 0 unspecified atom stereocenters. The van der Waals surface area contributed by atoms with Gasteiger partial charge in [-0.3, -0.25) is 10.1 Å². The molecule has 0 spiro atoms. The van der Waals surface area contributed by atoms with E-state index in [-0.39, 0.29) is 10.6 Å². The van der Waals surface area contributed by atoms with Crippen LogP contribution in [0.1, 0.15) is 6.42 Å². The molecule has 5 nitrogen and oxygen atoms in total. The SMILES string of the molecule is CNc1cccc(N2CCCSCC2)c1[N+](=O)[O-]. The average Bonchev–Trinajstić information content (AvgIpc) is 2.66. The molecule has 6 heteroatoms. The minimum atomic E-state index is -0.292. The van der Waals surface area contributed by atoms with Crippen LogP contribution in [0.2, 0.25) is 0 Å². The van der Waals surface area contributed by atoms with E-state index in [1.165, 1.54) is 0 Å². The molecular formula is C12H17N3O2S. The monoisotopic (exact) mass is 267 g/mol. The summed E-state index contributed by atoms with van der Waals surface area (Å²) in [4.78, 5) is 13.1. The second-order valence-corrected chi connectivity index (χ2v) is 5.36. The van der Waals surface area contributed by atoms with Crippen molar-refractivity contribution in [2.75, 3.05) is 41.9 Å². The number of benzene rings is 1. The third kappa shape index (κ3) is 2.69. The summed E-state index contributed by atoms with van der Waals surface area (Å²) in [5, 5.41) is 14.2. The molecule has 18 heavy (non-hydrogen) atoms. The second kappa shape index (κ2) is 5.95. The van der Waals surface area contributed by atoms with E-state index >= 15 is 0 Å². The molecule has 1 aliphatic heterocycles. The van der Waals surface area contributed by atoms with Crippen molar-refractivity contribution in [3.8, 4) is 0 Å². The molecule has 0 saturated carbocycles. The van der Waals surface area contributed by atoms with Gasteiger partial charge in [-0.05, 0) is 24.3 Å².